The molecule has 118 valence electrons. The summed E-state index contributed by atoms with van der Waals surface area (Å²) >= 11 is 11.9. The number of hydrogen-bond acceptors (Lipinski definition) is 2. The number of rotatable bonds is 3. The molecule has 0 radical (unpaired) electrons. The normalized spacial score (nSPS) is 11.6. The second-order valence-electron chi connectivity index (χ2n) is 5.08. The number of fused-ring (bicyclic) bond motifs is 1. The molecule has 0 amide bonds. The zero-order valence-corrected chi connectivity index (χ0v) is 14.5. The first-order valence-corrected chi connectivity index (χ1v) is 9.02. The van der Waals surface area contributed by atoms with Gasteiger partial charge in [0.05, 0.1) is 10.6 Å². The summed E-state index contributed by atoms with van der Waals surface area (Å²) in [6, 6.07) is 17.4. The number of sulfonamides is 1. The molecule has 0 unspecified atom stereocenters. The van der Waals surface area contributed by atoms with Crippen molar-refractivity contribution < 1.29 is 8.42 Å². The molecular formula is C17H13Cl2NO2S. The highest BCUT2D eigenvalue weighted by Crippen LogP contribution is 2.31. The van der Waals surface area contributed by atoms with Crippen LogP contribution in [0.1, 0.15) is 0 Å². The van der Waals surface area contributed by atoms with Crippen LogP contribution in [-0.4, -0.2) is 15.5 Å². The molecule has 3 aromatic rings. The van der Waals surface area contributed by atoms with E-state index in [4.69, 9.17) is 23.2 Å². The largest absolute Gasteiger partial charge is 0.269 e. The average Bonchev–Trinajstić information content (AvgIpc) is 2.52. The quantitative estimate of drug-likeness (QED) is 0.656. The minimum absolute atomic E-state index is 0.0606. The summed E-state index contributed by atoms with van der Waals surface area (Å²) < 4.78 is 27.0. The van der Waals surface area contributed by atoms with Crippen LogP contribution in [0, 0.1) is 0 Å². The van der Waals surface area contributed by atoms with E-state index < -0.39 is 10.0 Å². The molecule has 0 N–H and O–H groups in total. The minimum atomic E-state index is -3.76. The lowest BCUT2D eigenvalue weighted by atomic mass is 10.1. The van der Waals surface area contributed by atoms with E-state index in [0.717, 1.165) is 10.8 Å². The Hall–Kier alpha value is -1.75. The first kappa shape index (κ1) is 16.1. The second kappa shape index (κ2) is 6.04. The molecule has 0 saturated heterocycles. The number of nitrogens with zero attached hydrogens (tertiary/aromatic N) is 1. The average molecular weight is 366 g/mol. The highest BCUT2D eigenvalue weighted by Gasteiger charge is 2.23. The van der Waals surface area contributed by atoms with E-state index in [1.807, 2.05) is 36.4 Å². The maximum Gasteiger partial charge on any atom is 0.264 e. The summed E-state index contributed by atoms with van der Waals surface area (Å²) in [6.45, 7) is 0. The lowest BCUT2D eigenvalue weighted by molar-refractivity contribution is 0.594. The van der Waals surface area contributed by atoms with Crippen LogP contribution in [0.3, 0.4) is 0 Å². The van der Waals surface area contributed by atoms with Gasteiger partial charge in [-0.15, -0.1) is 0 Å². The van der Waals surface area contributed by atoms with Gasteiger partial charge in [-0.25, -0.2) is 8.42 Å². The van der Waals surface area contributed by atoms with E-state index in [1.165, 1.54) is 29.6 Å². The topological polar surface area (TPSA) is 37.4 Å². The maximum absolute atomic E-state index is 12.9. The van der Waals surface area contributed by atoms with Crippen molar-refractivity contribution in [3.05, 3.63) is 70.7 Å². The van der Waals surface area contributed by atoms with Crippen LogP contribution in [0.4, 0.5) is 5.69 Å². The highest BCUT2D eigenvalue weighted by atomic mass is 35.5. The lowest BCUT2D eigenvalue weighted by Gasteiger charge is -2.21. The third kappa shape index (κ3) is 3.02. The molecule has 0 fully saturated rings. The third-order valence-electron chi connectivity index (χ3n) is 3.60. The van der Waals surface area contributed by atoms with Gasteiger partial charge in [-0.2, -0.15) is 0 Å². The second-order valence-corrected chi connectivity index (χ2v) is 7.92. The van der Waals surface area contributed by atoms with Crippen molar-refractivity contribution in [2.24, 2.45) is 0 Å². The lowest BCUT2D eigenvalue weighted by Crippen LogP contribution is -2.26. The molecular weight excluding hydrogens is 353 g/mol. The SMILES string of the molecule is CN(c1cccc2ccccc12)S(=O)(=O)c1cc(Cl)cc(Cl)c1. The number of hydrogen-bond donors (Lipinski definition) is 0. The van der Waals surface area contributed by atoms with Gasteiger partial charge in [0.2, 0.25) is 0 Å². The van der Waals surface area contributed by atoms with Gasteiger partial charge in [0, 0.05) is 22.5 Å². The van der Waals surface area contributed by atoms with E-state index >= 15 is 0 Å². The Morgan fingerprint density at radius 2 is 1.48 bits per heavy atom. The third-order valence-corrected chi connectivity index (χ3v) is 5.79. The maximum atomic E-state index is 12.9. The molecule has 0 atom stereocenters. The first-order valence-electron chi connectivity index (χ1n) is 6.82. The molecule has 0 spiro atoms. The van der Waals surface area contributed by atoms with Crippen molar-refractivity contribution in [1.29, 1.82) is 0 Å². The predicted molar refractivity (Wildman–Crippen MR) is 96.0 cm³/mol. The summed E-state index contributed by atoms with van der Waals surface area (Å²) in [7, 11) is -2.24. The summed E-state index contributed by atoms with van der Waals surface area (Å²) in [5.41, 5.74) is 0.596. The molecule has 3 rings (SSSR count). The Morgan fingerprint density at radius 3 is 2.17 bits per heavy atom. The Bertz CT molecular complexity index is 961. The van der Waals surface area contributed by atoms with Crippen molar-refractivity contribution in [1.82, 2.24) is 0 Å². The van der Waals surface area contributed by atoms with Gasteiger partial charge in [0.1, 0.15) is 0 Å². The fourth-order valence-electron chi connectivity index (χ4n) is 2.45. The standard InChI is InChI=1S/C17H13Cl2NO2S/c1-20(17-8-4-6-12-5-2-3-7-16(12)17)23(21,22)15-10-13(18)9-14(19)11-15/h2-11H,1H3. The van der Waals surface area contributed by atoms with Crippen LogP contribution in [-0.2, 0) is 10.0 Å². The predicted octanol–water partition coefficient (Wildman–Crippen LogP) is 4.97. The fourth-order valence-corrected chi connectivity index (χ4v) is 4.39. The Labute approximate surface area is 145 Å². The van der Waals surface area contributed by atoms with E-state index in [0.29, 0.717) is 5.69 Å². The Kier molecular flexibility index (Phi) is 4.23. The van der Waals surface area contributed by atoms with Crippen molar-refractivity contribution in [2.45, 2.75) is 4.90 Å². The molecule has 0 bridgehead atoms. The number of anilines is 1. The molecule has 0 aliphatic rings. The van der Waals surface area contributed by atoms with E-state index in [9.17, 15) is 8.42 Å². The van der Waals surface area contributed by atoms with Gasteiger partial charge in [-0.05, 0) is 29.7 Å². The van der Waals surface area contributed by atoms with Crippen LogP contribution in [0.25, 0.3) is 10.8 Å². The number of halogens is 2. The molecule has 23 heavy (non-hydrogen) atoms. The first-order chi connectivity index (χ1) is 10.9. The molecule has 0 aliphatic heterocycles. The van der Waals surface area contributed by atoms with Gasteiger partial charge in [0.15, 0.2) is 0 Å². The van der Waals surface area contributed by atoms with Crippen molar-refractivity contribution in [3.63, 3.8) is 0 Å². The summed E-state index contributed by atoms with van der Waals surface area (Å²) in [4.78, 5) is 0.0606. The van der Waals surface area contributed by atoms with E-state index in [1.54, 1.807) is 6.07 Å². The van der Waals surface area contributed by atoms with Crippen molar-refractivity contribution >= 4 is 49.7 Å². The molecule has 3 nitrogen and oxygen atoms in total. The Morgan fingerprint density at radius 1 is 0.870 bits per heavy atom. The fraction of sp³-hybridized carbons (Fsp3) is 0.0588. The molecule has 6 heteroatoms. The van der Waals surface area contributed by atoms with Gasteiger partial charge >= 0.3 is 0 Å². The molecule has 0 aliphatic carbocycles. The smallest absolute Gasteiger partial charge is 0.264 e. The van der Waals surface area contributed by atoms with Crippen molar-refractivity contribution in [3.8, 4) is 0 Å². The van der Waals surface area contributed by atoms with Crippen LogP contribution in [0.15, 0.2) is 65.6 Å². The zero-order chi connectivity index (χ0) is 16.6. The Balaban J connectivity index is 2.16. The molecule has 0 saturated carbocycles. The zero-order valence-electron chi connectivity index (χ0n) is 12.2. The van der Waals surface area contributed by atoms with Crippen molar-refractivity contribution in [2.75, 3.05) is 11.4 Å². The van der Waals surface area contributed by atoms with Crippen LogP contribution >= 0.6 is 23.2 Å². The van der Waals surface area contributed by atoms with Gasteiger partial charge < -0.3 is 0 Å². The highest BCUT2D eigenvalue weighted by molar-refractivity contribution is 7.92. The molecule has 3 aromatic carbocycles. The van der Waals surface area contributed by atoms with Gasteiger partial charge in [-0.3, -0.25) is 4.31 Å². The van der Waals surface area contributed by atoms with E-state index in [2.05, 4.69) is 0 Å². The van der Waals surface area contributed by atoms with Gasteiger partial charge in [-0.1, -0.05) is 59.6 Å². The van der Waals surface area contributed by atoms with Crippen LogP contribution in [0.5, 0.6) is 0 Å². The number of benzene rings is 3. The van der Waals surface area contributed by atoms with Crippen LogP contribution in [0.2, 0.25) is 10.0 Å². The molecule has 0 heterocycles. The molecule has 0 aromatic heterocycles. The van der Waals surface area contributed by atoms with E-state index in [-0.39, 0.29) is 14.9 Å². The summed E-state index contributed by atoms with van der Waals surface area (Å²) in [5.74, 6) is 0. The van der Waals surface area contributed by atoms with Gasteiger partial charge in [0.25, 0.3) is 10.0 Å². The summed E-state index contributed by atoms with van der Waals surface area (Å²) in [6.07, 6.45) is 0. The summed E-state index contributed by atoms with van der Waals surface area (Å²) in [5, 5.41) is 2.38. The monoisotopic (exact) mass is 365 g/mol. The van der Waals surface area contributed by atoms with Crippen LogP contribution < -0.4 is 4.31 Å². The minimum Gasteiger partial charge on any atom is -0.269 e.